The summed E-state index contributed by atoms with van der Waals surface area (Å²) in [5.41, 5.74) is 5.75. The highest BCUT2D eigenvalue weighted by Gasteiger charge is 2.28. The van der Waals surface area contributed by atoms with Crippen LogP contribution in [0, 0.1) is 6.92 Å². The largest absolute Gasteiger partial charge is 0.494 e. The highest BCUT2D eigenvalue weighted by molar-refractivity contribution is 6.07. The Morgan fingerprint density at radius 3 is 2.46 bits per heavy atom. The number of para-hydroxylation sites is 1. The minimum atomic E-state index is 0.0613. The lowest BCUT2D eigenvalue weighted by Crippen LogP contribution is -2.53. The summed E-state index contributed by atoms with van der Waals surface area (Å²) in [4.78, 5) is 23.1. The monoisotopic (exact) mass is 465 g/mol. The van der Waals surface area contributed by atoms with Crippen LogP contribution in [0.4, 0.5) is 5.69 Å². The Morgan fingerprint density at radius 1 is 1.00 bits per heavy atom. The van der Waals surface area contributed by atoms with E-state index in [-0.39, 0.29) is 11.9 Å². The molecule has 1 aliphatic rings. The number of fused-ring (bicyclic) bond motifs is 1. The molecule has 0 bridgehead atoms. The number of piperazine rings is 1. The van der Waals surface area contributed by atoms with E-state index >= 15 is 0 Å². The van der Waals surface area contributed by atoms with Gasteiger partial charge in [0.05, 0.1) is 23.4 Å². The van der Waals surface area contributed by atoms with Crippen LogP contribution in [0.1, 0.15) is 29.8 Å². The number of aromatic nitrogens is 1. The van der Waals surface area contributed by atoms with Gasteiger partial charge in [-0.25, -0.2) is 4.98 Å². The molecule has 5 heteroatoms. The Morgan fingerprint density at radius 2 is 1.74 bits per heavy atom. The van der Waals surface area contributed by atoms with E-state index in [1.54, 1.807) is 0 Å². The van der Waals surface area contributed by atoms with Crippen LogP contribution in [0.5, 0.6) is 5.75 Å². The molecule has 5 rings (SSSR count). The van der Waals surface area contributed by atoms with Crippen LogP contribution >= 0.6 is 0 Å². The van der Waals surface area contributed by atoms with E-state index in [1.165, 1.54) is 11.3 Å². The second-order valence-electron chi connectivity index (χ2n) is 9.16. The van der Waals surface area contributed by atoms with Gasteiger partial charge in [0.25, 0.3) is 5.91 Å². The van der Waals surface area contributed by atoms with Gasteiger partial charge >= 0.3 is 0 Å². The molecule has 3 aromatic carbocycles. The Kier molecular flexibility index (Phi) is 6.41. The molecule has 35 heavy (non-hydrogen) atoms. The topological polar surface area (TPSA) is 45.7 Å². The zero-order valence-electron chi connectivity index (χ0n) is 20.6. The third-order valence-electron chi connectivity index (χ3n) is 6.69. The molecule has 178 valence electrons. The minimum absolute atomic E-state index is 0.0613. The van der Waals surface area contributed by atoms with E-state index in [4.69, 9.17) is 9.72 Å². The van der Waals surface area contributed by atoms with Crippen molar-refractivity contribution in [3.8, 4) is 17.0 Å². The summed E-state index contributed by atoms with van der Waals surface area (Å²) in [6, 6.07) is 26.6. The SMILES string of the molecule is CCOc1ccc(-c2cc(C(=O)N3CCN(c4ccc(C)cc4)[C@H](C)C3)c3ccccc3n2)cc1. The Balaban J connectivity index is 1.44. The number of amides is 1. The highest BCUT2D eigenvalue weighted by Crippen LogP contribution is 2.28. The number of aryl methyl sites for hydroxylation is 1. The average molecular weight is 466 g/mol. The van der Waals surface area contributed by atoms with Crippen molar-refractivity contribution in [2.24, 2.45) is 0 Å². The van der Waals surface area contributed by atoms with E-state index in [1.807, 2.05) is 66.4 Å². The number of pyridine rings is 1. The van der Waals surface area contributed by atoms with Crippen LogP contribution in [0.15, 0.2) is 78.9 Å². The summed E-state index contributed by atoms with van der Waals surface area (Å²) in [7, 11) is 0. The molecule has 1 aliphatic heterocycles. The van der Waals surface area contributed by atoms with Gasteiger partial charge in [-0.1, -0.05) is 35.9 Å². The molecule has 2 heterocycles. The number of hydrogen-bond donors (Lipinski definition) is 0. The first-order valence-corrected chi connectivity index (χ1v) is 12.3. The van der Waals surface area contributed by atoms with Crippen molar-refractivity contribution in [1.82, 2.24) is 9.88 Å². The molecule has 0 aliphatic carbocycles. The van der Waals surface area contributed by atoms with Crippen molar-refractivity contribution in [2.45, 2.75) is 26.8 Å². The molecular weight excluding hydrogens is 434 g/mol. The van der Waals surface area contributed by atoms with Crippen LogP contribution in [0.25, 0.3) is 22.2 Å². The molecule has 1 fully saturated rings. The smallest absolute Gasteiger partial charge is 0.254 e. The predicted molar refractivity (Wildman–Crippen MR) is 142 cm³/mol. The Bertz CT molecular complexity index is 1330. The fraction of sp³-hybridized carbons (Fsp3) is 0.267. The van der Waals surface area contributed by atoms with Crippen molar-refractivity contribution in [3.63, 3.8) is 0 Å². The maximum absolute atomic E-state index is 13.8. The molecule has 0 unspecified atom stereocenters. The zero-order valence-corrected chi connectivity index (χ0v) is 20.6. The van der Waals surface area contributed by atoms with Crippen molar-refractivity contribution < 1.29 is 9.53 Å². The summed E-state index contributed by atoms with van der Waals surface area (Å²) in [6.07, 6.45) is 0. The number of ether oxygens (including phenoxy) is 1. The highest BCUT2D eigenvalue weighted by atomic mass is 16.5. The lowest BCUT2D eigenvalue weighted by Gasteiger charge is -2.41. The van der Waals surface area contributed by atoms with Crippen molar-refractivity contribution in [3.05, 3.63) is 90.0 Å². The number of nitrogens with zero attached hydrogens (tertiary/aromatic N) is 3. The lowest BCUT2D eigenvalue weighted by atomic mass is 10.0. The van der Waals surface area contributed by atoms with Gasteiger partial charge in [-0.3, -0.25) is 4.79 Å². The van der Waals surface area contributed by atoms with Crippen LogP contribution in [-0.4, -0.2) is 48.1 Å². The first kappa shape index (κ1) is 22.9. The van der Waals surface area contributed by atoms with Crippen molar-refractivity contribution in [1.29, 1.82) is 0 Å². The zero-order chi connectivity index (χ0) is 24.4. The molecule has 1 aromatic heterocycles. The summed E-state index contributed by atoms with van der Waals surface area (Å²) >= 11 is 0. The second-order valence-corrected chi connectivity index (χ2v) is 9.16. The van der Waals surface area contributed by atoms with Gasteiger partial charge in [0.2, 0.25) is 0 Å². The van der Waals surface area contributed by atoms with Gasteiger partial charge in [0, 0.05) is 42.3 Å². The number of anilines is 1. The van der Waals surface area contributed by atoms with Gasteiger partial charge < -0.3 is 14.5 Å². The number of rotatable bonds is 5. The first-order chi connectivity index (χ1) is 17.0. The molecule has 0 radical (unpaired) electrons. The van der Waals surface area contributed by atoms with Gasteiger partial charge in [-0.05, 0) is 69.3 Å². The Labute approximate surface area is 207 Å². The predicted octanol–water partition coefficient (Wildman–Crippen LogP) is 5.96. The van der Waals surface area contributed by atoms with Crippen molar-refractivity contribution >= 4 is 22.5 Å². The summed E-state index contributed by atoms with van der Waals surface area (Å²) < 4.78 is 5.58. The Hall–Kier alpha value is -3.86. The fourth-order valence-corrected chi connectivity index (χ4v) is 4.82. The molecule has 0 saturated carbocycles. The van der Waals surface area contributed by atoms with Crippen LogP contribution in [0.2, 0.25) is 0 Å². The van der Waals surface area contributed by atoms with Gasteiger partial charge in [0.15, 0.2) is 0 Å². The molecule has 1 amide bonds. The minimum Gasteiger partial charge on any atom is -0.494 e. The number of benzene rings is 3. The lowest BCUT2D eigenvalue weighted by molar-refractivity contribution is 0.0728. The normalized spacial score (nSPS) is 15.9. The molecular formula is C30H31N3O2. The van der Waals surface area contributed by atoms with Gasteiger partial charge in [0.1, 0.15) is 5.75 Å². The number of carbonyl (C=O) groups excluding carboxylic acids is 1. The third-order valence-corrected chi connectivity index (χ3v) is 6.69. The van der Waals surface area contributed by atoms with Gasteiger partial charge in [-0.2, -0.15) is 0 Å². The van der Waals surface area contributed by atoms with E-state index in [0.29, 0.717) is 25.3 Å². The van der Waals surface area contributed by atoms with E-state index in [2.05, 4.69) is 43.0 Å². The summed E-state index contributed by atoms with van der Waals surface area (Å²) in [5.74, 6) is 0.889. The maximum Gasteiger partial charge on any atom is 0.254 e. The van der Waals surface area contributed by atoms with E-state index in [9.17, 15) is 4.79 Å². The van der Waals surface area contributed by atoms with Crippen LogP contribution in [-0.2, 0) is 0 Å². The number of carbonyl (C=O) groups is 1. The van der Waals surface area contributed by atoms with Crippen LogP contribution in [0.3, 0.4) is 0 Å². The van der Waals surface area contributed by atoms with Crippen molar-refractivity contribution in [2.75, 3.05) is 31.1 Å². The average Bonchev–Trinajstić information content (AvgIpc) is 2.89. The van der Waals surface area contributed by atoms with E-state index < -0.39 is 0 Å². The second kappa shape index (κ2) is 9.79. The summed E-state index contributed by atoms with van der Waals surface area (Å²) in [6.45, 7) is 9.07. The molecule has 0 N–H and O–H groups in total. The standard InChI is InChI=1S/C30H31N3O2/c1-4-35-25-15-11-23(12-16-25)29-19-27(26-7-5-6-8-28(26)31-29)30(34)32-17-18-33(22(3)20-32)24-13-9-21(2)10-14-24/h5-16,19,22H,4,17-18,20H2,1-3H3/t22-/m1/s1. The molecule has 5 nitrogen and oxygen atoms in total. The number of hydrogen-bond acceptors (Lipinski definition) is 4. The molecule has 0 spiro atoms. The molecule has 1 saturated heterocycles. The maximum atomic E-state index is 13.8. The van der Waals surface area contributed by atoms with Crippen LogP contribution < -0.4 is 9.64 Å². The quantitative estimate of drug-likeness (QED) is 0.365. The summed E-state index contributed by atoms with van der Waals surface area (Å²) in [5, 5.41) is 0.890. The third kappa shape index (κ3) is 4.72. The first-order valence-electron chi connectivity index (χ1n) is 12.3. The van der Waals surface area contributed by atoms with E-state index in [0.717, 1.165) is 34.5 Å². The fourth-order valence-electron chi connectivity index (χ4n) is 4.82. The van der Waals surface area contributed by atoms with Gasteiger partial charge in [-0.15, -0.1) is 0 Å². The molecule has 1 atom stereocenters. The molecule has 4 aromatic rings.